The maximum absolute atomic E-state index is 11.6. The summed E-state index contributed by atoms with van der Waals surface area (Å²) < 4.78 is 15.0. The summed E-state index contributed by atoms with van der Waals surface area (Å²) in [6, 6.07) is 9.31. The number of ether oxygens (including phenoxy) is 3. The molecule has 0 aromatic heterocycles. The lowest BCUT2D eigenvalue weighted by atomic mass is 10.2. The second kappa shape index (κ2) is 8.11. The van der Waals surface area contributed by atoms with Crippen molar-refractivity contribution >= 4 is 12.2 Å². The molecule has 0 saturated carbocycles. The topological polar surface area (TPSA) is 77.1 Å². The normalized spacial score (nSPS) is 14.4. The molecule has 1 aliphatic rings. The Morgan fingerprint density at radius 1 is 1.14 bits per heavy atom. The Hall–Kier alpha value is -2.28. The van der Waals surface area contributed by atoms with E-state index in [1.54, 1.807) is 0 Å². The van der Waals surface area contributed by atoms with Gasteiger partial charge < -0.3 is 19.1 Å². The quantitative estimate of drug-likeness (QED) is 0.848. The fourth-order valence-electron chi connectivity index (χ4n) is 1.77. The van der Waals surface area contributed by atoms with Gasteiger partial charge in [-0.1, -0.05) is 30.3 Å². The van der Waals surface area contributed by atoms with Crippen molar-refractivity contribution in [2.45, 2.75) is 6.61 Å². The average Bonchev–Trinajstić information content (AvgIpc) is 2.54. The number of carbonyl (C=O) groups is 2. The van der Waals surface area contributed by atoms with Crippen LogP contribution in [0, 0.1) is 0 Å². The number of hydrogen-bond donors (Lipinski definition) is 1. The largest absolute Gasteiger partial charge is 0.445 e. The Morgan fingerprint density at radius 3 is 2.57 bits per heavy atom. The van der Waals surface area contributed by atoms with Crippen LogP contribution in [-0.4, -0.2) is 50.1 Å². The second-order valence-electron chi connectivity index (χ2n) is 4.39. The molecule has 7 heteroatoms. The fraction of sp³-hybridized carbons (Fsp3) is 0.429. The lowest BCUT2D eigenvalue weighted by molar-refractivity contribution is 0.0246. The van der Waals surface area contributed by atoms with E-state index in [-0.39, 0.29) is 13.3 Å². The van der Waals surface area contributed by atoms with Crippen molar-refractivity contribution in [1.29, 1.82) is 0 Å². The van der Waals surface area contributed by atoms with Gasteiger partial charge in [-0.3, -0.25) is 5.32 Å². The molecule has 0 radical (unpaired) electrons. The van der Waals surface area contributed by atoms with Crippen molar-refractivity contribution in [3.8, 4) is 0 Å². The minimum atomic E-state index is -0.631. The van der Waals surface area contributed by atoms with Gasteiger partial charge in [-0.15, -0.1) is 0 Å². The summed E-state index contributed by atoms with van der Waals surface area (Å²) in [5.41, 5.74) is 0.887. The average molecular weight is 294 g/mol. The van der Waals surface area contributed by atoms with Crippen LogP contribution in [-0.2, 0) is 20.8 Å². The van der Waals surface area contributed by atoms with Gasteiger partial charge in [0.25, 0.3) is 0 Å². The predicted molar refractivity (Wildman–Crippen MR) is 73.5 cm³/mol. The first kappa shape index (κ1) is 15.1. The van der Waals surface area contributed by atoms with Gasteiger partial charge in [0.05, 0.1) is 13.2 Å². The number of nitrogens with one attached hydrogen (secondary N) is 1. The summed E-state index contributed by atoms with van der Waals surface area (Å²) in [6.07, 6.45) is -1.10. The summed E-state index contributed by atoms with van der Waals surface area (Å²) in [7, 11) is 0. The van der Waals surface area contributed by atoms with E-state index in [0.29, 0.717) is 26.3 Å². The van der Waals surface area contributed by atoms with Gasteiger partial charge in [-0.25, -0.2) is 9.59 Å². The Kier molecular flexibility index (Phi) is 5.83. The highest BCUT2D eigenvalue weighted by atomic mass is 16.6. The van der Waals surface area contributed by atoms with Gasteiger partial charge in [-0.2, -0.15) is 0 Å². The van der Waals surface area contributed by atoms with Crippen molar-refractivity contribution in [3.05, 3.63) is 35.9 Å². The van der Waals surface area contributed by atoms with Crippen LogP contribution < -0.4 is 5.32 Å². The third-order valence-corrected chi connectivity index (χ3v) is 2.89. The lowest BCUT2D eigenvalue weighted by Crippen LogP contribution is -2.42. The number of carbonyl (C=O) groups excluding carboxylic acids is 2. The SMILES string of the molecule is O=C(NCOC(=O)N1CCOCC1)OCc1ccccc1. The van der Waals surface area contributed by atoms with E-state index in [2.05, 4.69) is 5.32 Å². The highest BCUT2D eigenvalue weighted by Gasteiger charge is 2.18. The molecule has 2 rings (SSSR count). The van der Waals surface area contributed by atoms with Crippen molar-refractivity contribution in [1.82, 2.24) is 10.2 Å². The minimum absolute atomic E-state index is 0.171. The minimum Gasteiger partial charge on any atom is -0.445 e. The third-order valence-electron chi connectivity index (χ3n) is 2.89. The number of morpholine rings is 1. The molecule has 1 aliphatic heterocycles. The smallest absolute Gasteiger partial charge is 0.411 e. The fourth-order valence-corrected chi connectivity index (χ4v) is 1.77. The van der Waals surface area contributed by atoms with E-state index in [0.717, 1.165) is 5.56 Å². The maximum Gasteiger partial charge on any atom is 0.411 e. The standard InChI is InChI=1S/C14H18N2O5/c17-13(20-10-12-4-2-1-3-5-12)15-11-21-14(18)16-6-8-19-9-7-16/h1-5H,6-11H2,(H,15,17). The van der Waals surface area contributed by atoms with Crippen LogP contribution in [0.25, 0.3) is 0 Å². The van der Waals surface area contributed by atoms with Crippen LogP contribution in [0.15, 0.2) is 30.3 Å². The molecule has 1 fully saturated rings. The molecule has 7 nitrogen and oxygen atoms in total. The van der Waals surface area contributed by atoms with Gasteiger partial charge in [0, 0.05) is 13.1 Å². The summed E-state index contributed by atoms with van der Waals surface area (Å²) in [6.45, 7) is 1.95. The molecule has 0 bridgehead atoms. The van der Waals surface area contributed by atoms with E-state index >= 15 is 0 Å². The molecule has 1 N–H and O–H groups in total. The van der Waals surface area contributed by atoms with E-state index in [1.165, 1.54) is 4.90 Å². The molecule has 0 aliphatic carbocycles. The van der Waals surface area contributed by atoms with Gasteiger partial charge in [0.15, 0.2) is 6.73 Å². The molecule has 21 heavy (non-hydrogen) atoms. The van der Waals surface area contributed by atoms with E-state index < -0.39 is 12.2 Å². The monoisotopic (exact) mass is 294 g/mol. The molecule has 0 spiro atoms. The molecule has 0 unspecified atom stereocenters. The van der Waals surface area contributed by atoms with Crippen LogP contribution in [0.4, 0.5) is 9.59 Å². The molecular weight excluding hydrogens is 276 g/mol. The van der Waals surface area contributed by atoms with Crippen LogP contribution in [0.1, 0.15) is 5.56 Å². The van der Waals surface area contributed by atoms with Crippen LogP contribution in [0.5, 0.6) is 0 Å². The molecule has 114 valence electrons. The summed E-state index contributed by atoms with van der Waals surface area (Å²) in [5, 5.41) is 2.36. The highest BCUT2D eigenvalue weighted by molar-refractivity contribution is 5.69. The molecule has 1 aromatic rings. The first-order valence-corrected chi connectivity index (χ1v) is 6.70. The third kappa shape index (κ3) is 5.31. The lowest BCUT2D eigenvalue weighted by Gasteiger charge is -2.25. The van der Waals surface area contributed by atoms with E-state index in [4.69, 9.17) is 14.2 Å². The van der Waals surface area contributed by atoms with Crippen molar-refractivity contribution < 1.29 is 23.8 Å². The zero-order valence-corrected chi connectivity index (χ0v) is 11.6. The zero-order chi connectivity index (χ0) is 14.9. The predicted octanol–water partition coefficient (Wildman–Crippen LogP) is 1.34. The molecule has 0 atom stereocenters. The second-order valence-corrected chi connectivity index (χ2v) is 4.39. The zero-order valence-electron chi connectivity index (χ0n) is 11.6. The number of hydrogen-bond acceptors (Lipinski definition) is 5. The number of rotatable bonds is 4. The number of alkyl carbamates (subject to hydrolysis) is 1. The Balaban J connectivity index is 1.59. The van der Waals surface area contributed by atoms with Gasteiger partial charge in [0.2, 0.25) is 0 Å². The first-order valence-electron chi connectivity index (χ1n) is 6.70. The highest BCUT2D eigenvalue weighted by Crippen LogP contribution is 2.01. The number of nitrogens with zero attached hydrogens (tertiary/aromatic N) is 1. The van der Waals surface area contributed by atoms with Crippen molar-refractivity contribution in [2.24, 2.45) is 0 Å². The summed E-state index contributed by atoms with van der Waals surface area (Å²) >= 11 is 0. The first-order chi connectivity index (χ1) is 10.3. The Labute approximate surface area is 122 Å². The van der Waals surface area contributed by atoms with E-state index in [9.17, 15) is 9.59 Å². The van der Waals surface area contributed by atoms with Crippen molar-refractivity contribution in [3.63, 3.8) is 0 Å². The summed E-state index contributed by atoms with van der Waals surface area (Å²) in [4.78, 5) is 24.6. The molecule has 1 heterocycles. The van der Waals surface area contributed by atoms with Crippen LogP contribution in [0.2, 0.25) is 0 Å². The number of benzene rings is 1. The van der Waals surface area contributed by atoms with Crippen molar-refractivity contribution in [2.75, 3.05) is 33.0 Å². The van der Waals surface area contributed by atoms with Gasteiger partial charge >= 0.3 is 12.2 Å². The number of amides is 2. The van der Waals surface area contributed by atoms with E-state index in [1.807, 2.05) is 30.3 Å². The summed E-state index contributed by atoms with van der Waals surface area (Å²) in [5.74, 6) is 0. The Morgan fingerprint density at radius 2 is 1.86 bits per heavy atom. The van der Waals surface area contributed by atoms with Crippen LogP contribution >= 0.6 is 0 Å². The van der Waals surface area contributed by atoms with Crippen LogP contribution in [0.3, 0.4) is 0 Å². The Bertz CT molecular complexity index is 460. The molecule has 1 aromatic carbocycles. The maximum atomic E-state index is 11.6. The molecular formula is C14H18N2O5. The molecule has 2 amide bonds. The van der Waals surface area contributed by atoms with Gasteiger partial charge in [0.1, 0.15) is 6.61 Å². The molecule has 1 saturated heterocycles. The van der Waals surface area contributed by atoms with Gasteiger partial charge in [-0.05, 0) is 5.56 Å².